The summed E-state index contributed by atoms with van der Waals surface area (Å²) in [5.41, 5.74) is 1.34. The number of ether oxygens (including phenoxy) is 1. The predicted octanol–water partition coefficient (Wildman–Crippen LogP) is 3.34. The van der Waals surface area contributed by atoms with Gasteiger partial charge in [0.1, 0.15) is 11.6 Å². The first-order chi connectivity index (χ1) is 11.0. The van der Waals surface area contributed by atoms with Crippen molar-refractivity contribution in [1.82, 2.24) is 5.32 Å². The molecule has 1 amide bonds. The van der Waals surface area contributed by atoms with E-state index in [4.69, 9.17) is 10.00 Å². The summed E-state index contributed by atoms with van der Waals surface area (Å²) < 4.78 is 18.5. The highest BCUT2D eigenvalue weighted by Gasteiger charge is 2.17. The Labute approximate surface area is 134 Å². The molecular formula is C18H17FN2O2. The molecule has 2 aromatic rings. The van der Waals surface area contributed by atoms with Crippen molar-refractivity contribution < 1.29 is 13.9 Å². The zero-order chi connectivity index (χ0) is 16.8. The van der Waals surface area contributed by atoms with Gasteiger partial charge in [-0.2, -0.15) is 5.26 Å². The zero-order valence-electron chi connectivity index (χ0n) is 12.9. The van der Waals surface area contributed by atoms with Gasteiger partial charge >= 0.3 is 0 Å². The van der Waals surface area contributed by atoms with E-state index in [1.165, 1.54) is 12.1 Å². The Morgan fingerprint density at radius 1 is 1.13 bits per heavy atom. The molecule has 2 rings (SSSR count). The molecule has 0 fully saturated rings. The summed E-state index contributed by atoms with van der Waals surface area (Å²) in [5.74, 6) is -0.0722. The van der Waals surface area contributed by atoms with Crippen LogP contribution in [0.3, 0.4) is 0 Å². The number of hydrogen-bond acceptors (Lipinski definition) is 3. The van der Waals surface area contributed by atoms with Gasteiger partial charge in [-0.1, -0.05) is 12.1 Å². The molecule has 23 heavy (non-hydrogen) atoms. The second-order valence-electron chi connectivity index (χ2n) is 5.18. The average Bonchev–Trinajstić information content (AvgIpc) is 2.56. The number of hydrogen-bond donors (Lipinski definition) is 1. The van der Waals surface area contributed by atoms with Gasteiger partial charge < -0.3 is 10.1 Å². The fraction of sp³-hybridized carbons (Fsp3) is 0.222. The van der Waals surface area contributed by atoms with Crippen molar-refractivity contribution in [2.24, 2.45) is 0 Å². The maximum absolute atomic E-state index is 12.9. The number of nitriles is 1. The van der Waals surface area contributed by atoms with E-state index in [0.29, 0.717) is 11.3 Å². The highest BCUT2D eigenvalue weighted by atomic mass is 19.1. The second kappa shape index (κ2) is 7.41. The lowest BCUT2D eigenvalue weighted by atomic mass is 10.1. The first-order valence-electron chi connectivity index (χ1n) is 7.22. The maximum atomic E-state index is 12.9. The molecule has 2 aromatic carbocycles. The average molecular weight is 312 g/mol. The van der Waals surface area contributed by atoms with Gasteiger partial charge in [-0.3, -0.25) is 4.79 Å². The normalized spacial score (nSPS) is 12.8. The van der Waals surface area contributed by atoms with E-state index in [-0.39, 0.29) is 17.8 Å². The van der Waals surface area contributed by atoms with Gasteiger partial charge in [0.05, 0.1) is 17.7 Å². The molecule has 0 bridgehead atoms. The van der Waals surface area contributed by atoms with Crippen LogP contribution in [0.1, 0.15) is 31.0 Å². The van der Waals surface area contributed by atoms with Crippen molar-refractivity contribution in [2.45, 2.75) is 26.0 Å². The van der Waals surface area contributed by atoms with Crippen LogP contribution in [0.5, 0.6) is 5.75 Å². The minimum atomic E-state index is -0.689. The lowest BCUT2D eigenvalue weighted by molar-refractivity contribution is -0.127. The van der Waals surface area contributed by atoms with Crippen LogP contribution >= 0.6 is 0 Å². The van der Waals surface area contributed by atoms with E-state index in [9.17, 15) is 9.18 Å². The number of amides is 1. The van der Waals surface area contributed by atoms with E-state index >= 15 is 0 Å². The summed E-state index contributed by atoms with van der Waals surface area (Å²) in [5, 5.41) is 11.6. The Balaban J connectivity index is 1.93. The second-order valence-corrected chi connectivity index (χ2v) is 5.18. The summed E-state index contributed by atoms with van der Waals surface area (Å²) in [6.07, 6.45) is -0.689. The van der Waals surface area contributed by atoms with Gasteiger partial charge in [-0.05, 0) is 55.8 Å². The van der Waals surface area contributed by atoms with Crippen molar-refractivity contribution in [1.29, 1.82) is 5.26 Å². The Hall–Kier alpha value is -2.87. The highest BCUT2D eigenvalue weighted by Crippen LogP contribution is 2.16. The van der Waals surface area contributed by atoms with Gasteiger partial charge in [0.15, 0.2) is 6.10 Å². The van der Waals surface area contributed by atoms with Gasteiger partial charge in [0.25, 0.3) is 5.91 Å². The molecule has 0 aliphatic carbocycles. The lowest BCUT2D eigenvalue weighted by Gasteiger charge is -2.19. The van der Waals surface area contributed by atoms with Crippen LogP contribution in [0.15, 0.2) is 48.5 Å². The molecule has 0 spiro atoms. The van der Waals surface area contributed by atoms with Gasteiger partial charge in [-0.25, -0.2) is 4.39 Å². The number of rotatable bonds is 5. The highest BCUT2D eigenvalue weighted by molar-refractivity contribution is 5.81. The Kier molecular flexibility index (Phi) is 5.32. The maximum Gasteiger partial charge on any atom is 0.261 e. The molecular weight excluding hydrogens is 295 g/mol. The van der Waals surface area contributed by atoms with Crippen LogP contribution in [-0.4, -0.2) is 12.0 Å². The standard InChI is InChI=1S/C18H17FN2O2/c1-12(15-5-7-16(19)8-6-15)21-18(22)13(2)23-17-9-3-14(11-20)4-10-17/h3-10,12-13H,1-2H3,(H,21,22)/t12-,13+/m1/s1. The van der Waals surface area contributed by atoms with Crippen molar-refractivity contribution in [2.75, 3.05) is 0 Å². The van der Waals surface area contributed by atoms with Crippen LogP contribution in [0.4, 0.5) is 4.39 Å². The Bertz CT molecular complexity index is 705. The minimum absolute atomic E-state index is 0.255. The smallest absolute Gasteiger partial charge is 0.261 e. The fourth-order valence-corrected chi connectivity index (χ4v) is 2.03. The molecule has 0 aliphatic heterocycles. The summed E-state index contributed by atoms with van der Waals surface area (Å²) in [4.78, 5) is 12.2. The number of nitrogens with one attached hydrogen (secondary N) is 1. The summed E-state index contributed by atoms with van der Waals surface area (Å²) in [6.45, 7) is 3.46. The van der Waals surface area contributed by atoms with E-state index in [1.807, 2.05) is 13.0 Å². The number of carbonyl (C=O) groups excluding carboxylic acids is 1. The third kappa shape index (κ3) is 4.55. The molecule has 118 valence electrons. The third-order valence-electron chi connectivity index (χ3n) is 3.39. The van der Waals surface area contributed by atoms with E-state index in [0.717, 1.165) is 5.56 Å². The minimum Gasteiger partial charge on any atom is -0.481 e. The first-order valence-corrected chi connectivity index (χ1v) is 7.22. The fourth-order valence-electron chi connectivity index (χ4n) is 2.03. The molecule has 0 saturated carbocycles. The summed E-state index contributed by atoms with van der Waals surface area (Å²) in [6, 6.07) is 14.3. The number of halogens is 1. The first kappa shape index (κ1) is 16.5. The van der Waals surface area contributed by atoms with E-state index in [2.05, 4.69) is 5.32 Å². The molecule has 1 N–H and O–H groups in total. The molecule has 4 nitrogen and oxygen atoms in total. The summed E-state index contributed by atoms with van der Waals surface area (Å²) >= 11 is 0. The number of nitrogens with zero attached hydrogens (tertiary/aromatic N) is 1. The van der Waals surface area contributed by atoms with Crippen molar-refractivity contribution in [3.8, 4) is 11.8 Å². The summed E-state index contributed by atoms with van der Waals surface area (Å²) in [7, 11) is 0. The van der Waals surface area contributed by atoms with Crippen molar-refractivity contribution >= 4 is 5.91 Å². The number of carbonyl (C=O) groups is 1. The SMILES string of the molecule is C[C@H](Oc1ccc(C#N)cc1)C(=O)N[C@H](C)c1ccc(F)cc1. The van der Waals surface area contributed by atoms with Crippen LogP contribution in [0, 0.1) is 17.1 Å². The molecule has 0 aromatic heterocycles. The number of benzene rings is 2. The van der Waals surface area contributed by atoms with Crippen LogP contribution in [0.25, 0.3) is 0 Å². The van der Waals surface area contributed by atoms with Crippen molar-refractivity contribution in [3.63, 3.8) is 0 Å². The predicted molar refractivity (Wildman–Crippen MR) is 84.2 cm³/mol. The topological polar surface area (TPSA) is 62.1 Å². The van der Waals surface area contributed by atoms with Crippen LogP contribution in [0.2, 0.25) is 0 Å². The lowest BCUT2D eigenvalue weighted by Crippen LogP contribution is -2.37. The molecule has 5 heteroatoms. The quantitative estimate of drug-likeness (QED) is 0.921. The zero-order valence-corrected chi connectivity index (χ0v) is 12.9. The molecule has 0 heterocycles. The van der Waals surface area contributed by atoms with Gasteiger partial charge in [0.2, 0.25) is 0 Å². The molecule has 0 aliphatic rings. The molecule has 0 saturated heterocycles. The van der Waals surface area contributed by atoms with Crippen LogP contribution in [-0.2, 0) is 4.79 Å². The van der Waals surface area contributed by atoms with Gasteiger partial charge in [0, 0.05) is 0 Å². The van der Waals surface area contributed by atoms with E-state index < -0.39 is 6.10 Å². The molecule has 2 atom stereocenters. The van der Waals surface area contributed by atoms with Crippen molar-refractivity contribution in [3.05, 3.63) is 65.5 Å². The van der Waals surface area contributed by atoms with Gasteiger partial charge in [-0.15, -0.1) is 0 Å². The monoisotopic (exact) mass is 312 g/mol. The Morgan fingerprint density at radius 2 is 1.74 bits per heavy atom. The molecule has 0 unspecified atom stereocenters. The molecule has 0 radical (unpaired) electrons. The largest absolute Gasteiger partial charge is 0.481 e. The van der Waals surface area contributed by atoms with E-state index in [1.54, 1.807) is 43.3 Å². The van der Waals surface area contributed by atoms with Crippen LogP contribution < -0.4 is 10.1 Å². The third-order valence-corrected chi connectivity index (χ3v) is 3.39. The Morgan fingerprint density at radius 3 is 2.30 bits per heavy atom.